The summed E-state index contributed by atoms with van der Waals surface area (Å²) in [4.78, 5) is -0.206. The molecule has 0 amide bonds. The lowest BCUT2D eigenvalue weighted by Gasteiger charge is -2.22. The molecule has 0 spiro atoms. The fourth-order valence-electron chi connectivity index (χ4n) is 1.96. The Balaban J connectivity index is 2.11. The van der Waals surface area contributed by atoms with E-state index < -0.39 is 10.0 Å². The van der Waals surface area contributed by atoms with Crippen LogP contribution in [0.15, 0.2) is 17.0 Å². The van der Waals surface area contributed by atoms with E-state index in [9.17, 15) is 8.42 Å². The van der Waals surface area contributed by atoms with Gasteiger partial charge in [-0.05, 0) is 24.8 Å². The van der Waals surface area contributed by atoms with Gasteiger partial charge < -0.3 is 9.47 Å². The van der Waals surface area contributed by atoms with E-state index in [2.05, 4.69) is 0 Å². The maximum absolute atomic E-state index is 11.3. The van der Waals surface area contributed by atoms with Crippen LogP contribution in [0.1, 0.15) is 12.8 Å². The number of hydrogen-bond donors (Lipinski definition) is 1. The normalized spacial score (nSPS) is 17.1. The molecule has 1 aromatic rings. The third kappa shape index (κ3) is 3.99. The van der Waals surface area contributed by atoms with E-state index in [4.69, 9.17) is 37.8 Å². The van der Waals surface area contributed by atoms with Crippen molar-refractivity contribution in [3.63, 3.8) is 0 Å². The van der Waals surface area contributed by atoms with Gasteiger partial charge >= 0.3 is 0 Å². The van der Waals surface area contributed by atoms with Crippen LogP contribution < -0.4 is 9.88 Å². The van der Waals surface area contributed by atoms with E-state index in [0.29, 0.717) is 18.3 Å². The second kappa shape index (κ2) is 6.49. The quantitative estimate of drug-likeness (QED) is 0.913. The van der Waals surface area contributed by atoms with Crippen molar-refractivity contribution in [2.75, 3.05) is 19.8 Å². The van der Waals surface area contributed by atoms with E-state index in [0.717, 1.165) is 26.1 Å². The van der Waals surface area contributed by atoms with Crippen LogP contribution in [0.5, 0.6) is 5.75 Å². The molecule has 0 radical (unpaired) electrons. The summed E-state index contributed by atoms with van der Waals surface area (Å²) in [5, 5.41) is 5.21. The van der Waals surface area contributed by atoms with Crippen molar-refractivity contribution in [1.29, 1.82) is 0 Å². The monoisotopic (exact) mass is 339 g/mol. The van der Waals surface area contributed by atoms with Gasteiger partial charge in [0.15, 0.2) is 0 Å². The zero-order chi connectivity index (χ0) is 14.8. The summed E-state index contributed by atoms with van der Waals surface area (Å²) < 4.78 is 33.5. The van der Waals surface area contributed by atoms with E-state index in [1.165, 1.54) is 12.1 Å². The average Bonchev–Trinajstić information content (AvgIpc) is 2.39. The van der Waals surface area contributed by atoms with Crippen LogP contribution in [0.2, 0.25) is 10.0 Å². The van der Waals surface area contributed by atoms with Gasteiger partial charge in [0.2, 0.25) is 10.0 Å². The fourth-order valence-corrected chi connectivity index (χ4v) is 3.33. The van der Waals surface area contributed by atoms with Gasteiger partial charge in [-0.15, -0.1) is 0 Å². The number of halogens is 2. The zero-order valence-electron chi connectivity index (χ0n) is 10.6. The Bertz CT molecular complexity index is 585. The summed E-state index contributed by atoms with van der Waals surface area (Å²) in [5.41, 5.74) is 0. The molecule has 0 atom stereocenters. The number of sulfonamides is 1. The van der Waals surface area contributed by atoms with Gasteiger partial charge in [0.05, 0.1) is 16.7 Å². The van der Waals surface area contributed by atoms with Crippen molar-refractivity contribution in [2.45, 2.75) is 17.7 Å². The number of rotatable bonds is 4. The highest BCUT2D eigenvalue weighted by atomic mass is 35.5. The Labute approximate surface area is 128 Å². The van der Waals surface area contributed by atoms with Crippen molar-refractivity contribution in [3.8, 4) is 5.75 Å². The molecule has 2 rings (SSSR count). The second-order valence-corrected chi connectivity index (χ2v) is 6.97. The molecule has 20 heavy (non-hydrogen) atoms. The van der Waals surface area contributed by atoms with E-state index in [1.807, 2.05) is 0 Å². The smallest absolute Gasteiger partial charge is 0.239 e. The van der Waals surface area contributed by atoms with Crippen molar-refractivity contribution in [3.05, 3.63) is 22.2 Å². The molecule has 0 aliphatic carbocycles. The van der Waals surface area contributed by atoms with Gasteiger partial charge in [-0.1, -0.05) is 23.2 Å². The number of benzene rings is 1. The molecule has 0 saturated carbocycles. The van der Waals surface area contributed by atoms with Crippen LogP contribution in [-0.4, -0.2) is 28.2 Å². The Hall–Kier alpha value is -0.530. The molecule has 1 aliphatic rings. The third-order valence-corrected chi connectivity index (χ3v) is 4.78. The van der Waals surface area contributed by atoms with Crippen molar-refractivity contribution in [1.82, 2.24) is 0 Å². The Morgan fingerprint density at radius 1 is 1.25 bits per heavy atom. The predicted molar refractivity (Wildman–Crippen MR) is 76.9 cm³/mol. The molecule has 0 aromatic heterocycles. The van der Waals surface area contributed by atoms with Gasteiger partial charge in [-0.25, -0.2) is 13.6 Å². The minimum atomic E-state index is -3.90. The molecule has 112 valence electrons. The van der Waals surface area contributed by atoms with Gasteiger partial charge in [-0.3, -0.25) is 0 Å². The average molecular weight is 340 g/mol. The first-order valence-corrected chi connectivity index (χ1v) is 8.40. The van der Waals surface area contributed by atoms with Gasteiger partial charge in [0, 0.05) is 19.3 Å². The van der Waals surface area contributed by atoms with E-state index in [-0.39, 0.29) is 14.9 Å². The summed E-state index contributed by atoms with van der Waals surface area (Å²) >= 11 is 11.9. The summed E-state index contributed by atoms with van der Waals surface area (Å²) in [5.74, 6) is 0.757. The molecule has 8 heteroatoms. The number of nitrogens with two attached hydrogens (primary N) is 1. The van der Waals surface area contributed by atoms with Crippen LogP contribution in [-0.2, 0) is 14.8 Å². The molecule has 1 aliphatic heterocycles. The molecule has 2 N–H and O–H groups in total. The SMILES string of the molecule is NS(=O)(=O)c1cc(Cl)c(OCC2CCOCC2)cc1Cl. The Morgan fingerprint density at radius 3 is 2.50 bits per heavy atom. The standard InChI is InChI=1S/C12H15Cl2NO4S/c13-9-6-12(20(15,16)17)10(14)5-11(9)19-7-8-1-3-18-4-2-8/h5-6,8H,1-4,7H2,(H2,15,16,17). The number of primary sulfonamides is 1. The molecular weight excluding hydrogens is 325 g/mol. The first kappa shape index (κ1) is 15.9. The number of ether oxygens (including phenoxy) is 2. The molecule has 1 aromatic carbocycles. The van der Waals surface area contributed by atoms with Gasteiger partial charge in [-0.2, -0.15) is 0 Å². The predicted octanol–water partition coefficient (Wildman–Crippen LogP) is 2.45. The summed E-state index contributed by atoms with van der Waals surface area (Å²) in [7, 11) is -3.90. The second-order valence-electron chi connectivity index (χ2n) is 4.62. The molecule has 1 saturated heterocycles. The largest absolute Gasteiger partial charge is 0.492 e. The molecular formula is C12H15Cl2NO4S. The highest BCUT2D eigenvalue weighted by molar-refractivity contribution is 7.89. The molecule has 1 fully saturated rings. The van der Waals surface area contributed by atoms with Crippen molar-refractivity contribution < 1.29 is 17.9 Å². The van der Waals surface area contributed by atoms with Crippen LogP contribution in [0, 0.1) is 5.92 Å². The zero-order valence-corrected chi connectivity index (χ0v) is 13.0. The van der Waals surface area contributed by atoms with Crippen LogP contribution >= 0.6 is 23.2 Å². The van der Waals surface area contributed by atoms with Gasteiger partial charge in [0.25, 0.3) is 0 Å². The molecule has 5 nitrogen and oxygen atoms in total. The lowest BCUT2D eigenvalue weighted by atomic mass is 10.0. The minimum Gasteiger partial charge on any atom is -0.492 e. The molecule has 0 bridgehead atoms. The molecule has 1 heterocycles. The third-order valence-electron chi connectivity index (χ3n) is 3.11. The van der Waals surface area contributed by atoms with E-state index >= 15 is 0 Å². The Morgan fingerprint density at radius 2 is 1.90 bits per heavy atom. The lowest BCUT2D eigenvalue weighted by molar-refractivity contribution is 0.0497. The lowest BCUT2D eigenvalue weighted by Crippen LogP contribution is -2.21. The minimum absolute atomic E-state index is 0.00104. The van der Waals surface area contributed by atoms with Crippen molar-refractivity contribution >= 4 is 33.2 Å². The summed E-state index contributed by atoms with van der Waals surface area (Å²) in [6.45, 7) is 1.95. The first-order chi connectivity index (χ1) is 9.38. The van der Waals surface area contributed by atoms with Crippen LogP contribution in [0.25, 0.3) is 0 Å². The topological polar surface area (TPSA) is 78.6 Å². The van der Waals surface area contributed by atoms with Crippen molar-refractivity contribution in [2.24, 2.45) is 11.1 Å². The highest BCUT2D eigenvalue weighted by Crippen LogP contribution is 2.33. The maximum atomic E-state index is 11.3. The highest BCUT2D eigenvalue weighted by Gasteiger charge is 2.19. The summed E-state index contributed by atoms with van der Waals surface area (Å²) in [6.07, 6.45) is 1.86. The number of hydrogen-bond acceptors (Lipinski definition) is 4. The van der Waals surface area contributed by atoms with E-state index in [1.54, 1.807) is 0 Å². The Kier molecular flexibility index (Phi) is 5.14. The first-order valence-electron chi connectivity index (χ1n) is 6.10. The maximum Gasteiger partial charge on any atom is 0.239 e. The fraction of sp³-hybridized carbons (Fsp3) is 0.500. The summed E-state index contributed by atoms with van der Waals surface area (Å²) in [6, 6.07) is 2.58. The van der Waals surface area contributed by atoms with Crippen LogP contribution in [0.3, 0.4) is 0 Å². The van der Waals surface area contributed by atoms with Gasteiger partial charge in [0.1, 0.15) is 10.6 Å². The molecule has 0 unspecified atom stereocenters. The van der Waals surface area contributed by atoms with Crippen LogP contribution in [0.4, 0.5) is 0 Å².